The van der Waals surface area contributed by atoms with E-state index in [1.54, 1.807) is 12.1 Å². The molecule has 0 fully saturated rings. The standard InChI is InChI=1S/C9H15NO6P2S/c11-17(12,13)9(18(14,15)16-4-5-19)6-8-2-1-3-10-7-8/h1-3,7,9,19H,4-6H2,(H,14,15)(H2,11,12,13). The molecule has 1 rings (SSSR count). The van der Waals surface area contributed by atoms with Crippen molar-refractivity contribution in [3.63, 3.8) is 0 Å². The molecule has 0 amide bonds. The predicted molar refractivity (Wildman–Crippen MR) is 73.4 cm³/mol. The summed E-state index contributed by atoms with van der Waals surface area (Å²) >= 11 is 3.81. The Hall–Kier alpha value is -0.200. The molecule has 0 aliphatic heterocycles. The van der Waals surface area contributed by atoms with Crippen molar-refractivity contribution in [1.82, 2.24) is 4.98 Å². The number of thiol groups is 1. The van der Waals surface area contributed by atoms with Gasteiger partial charge in [-0.2, -0.15) is 12.6 Å². The lowest BCUT2D eigenvalue weighted by Gasteiger charge is -2.23. The van der Waals surface area contributed by atoms with Crippen molar-refractivity contribution >= 4 is 27.8 Å². The molecule has 0 aliphatic rings. The zero-order valence-corrected chi connectivity index (χ0v) is 12.5. The molecule has 0 aromatic carbocycles. The molecule has 0 saturated carbocycles. The Morgan fingerprint density at radius 2 is 2.05 bits per heavy atom. The fourth-order valence-electron chi connectivity index (χ4n) is 1.41. The van der Waals surface area contributed by atoms with E-state index in [2.05, 4.69) is 22.1 Å². The van der Waals surface area contributed by atoms with Gasteiger partial charge in [0.15, 0.2) is 5.40 Å². The summed E-state index contributed by atoms with van der Waals surface area (Å²) in [5.74, 6) is 0.172. The van der Waals surface area contributed by atoms with Crippen molar-refractivity contribution < 1.29 is 28.3 Å². The van der Waals surface area contributed by atoms with E-state index < -0.39 is 20.6 Å². The van der Waals surface area contributed by atoms with Gasteiger partial charge in [0.2, 0.25) is 0 Å². The lowest BCUT2D eigenvalue weighted by molar-refractivity contribution is 0.266. The van der Waals surface area contributed by atoms with Crippen molar-refractivity contribution in [3.8, 4) is 0 Å². The van der Waals surface area contributed by atoms with Gasteiger partial charge in [-0.3, -0.25) is 14.1 Å². The van der Waals surface area contributed by atoms with Gasteiger partial charge in [0.25, 0.3) is 0 Å². The van der Waals surface area contributed by atoms with Gasteiger partial charge in [-0.15, -0.1) is 0 Å². The predicted octanol–water partition coefficient (Wildman–Crippen LogP) is 1.26. The highest BCUT2D eigenvalue weighted by molar-refractivity contribution is 7.80. The first-order valence-electron chi connectivity index (χ1n) is 5.29. The second-order valence-electron chi connectivity index (χ2n) is 3.76. The van der Waals surface area contributed by atoms with Gasteiger partial charge in [0.1, 0.15) is 0 Å². The lowest BCUT2D eigenvalue weighted by atomic mass is 10.2. The third kappa shape index (κ3) is 5.36. The lowest BCUT2D eigenvalue weighted by Crippen LogP contribution is -2.15. The van der Waals surface area contributed by atoms with Gasteiger partial charge in [0, 0.05) is 18.1 Å². The quantitative estimate of drug-likeness (QED) is 0.440. The van der Waals surface area contributed by atoms with Crippen LogP contribution in [0.1, 0.15) is 5.56 Å². The summed E-state index contributed by atoms with van der Waals surface area (Å²) in [5.41, 5.74) is 0.444. The van der Waals surface area contributed by atoms with Crippen molar-refractivity contribution in [2.45, 2.75) is 11.8 Å². The number of hydrogen-bond acceptors (Lipinski definition) is 5. The fourth-order valence-corrected chi connectivity index (χ4v) is 4.78. The van der Waals surface area contributed by atoms with Crippen LogP contribution in [0.5, 0.6) is 0 Å². The van der Waals surface area contributed by atoms with Gasteiger partial charge in [-0.05, 0) is 18.1 Å². The minimum absolute atomic E-state index is 0.166. The van der Waals surface area contributed by atoms with E-state index >= 15 is 0 Å². The maximum atomic E-state index is 11.9. The van der Waals surface area contributed by atoms with Gasteiger partial charge >= 0.3 is 15.2 Å². The van der Waals surface area contributed by atoms with Gasteiger partial charge in [-0.25, -0.2) is 0 Å². The fraction of sp³-hybridized carbons (Fsp3) is 0.444. The largest absolute Gasteiger partial charge is 0.343 e. The Kier molecular flexibility index (Phi) is 6.20. The van der Waals surface area contributed by atoms with E-state index in [4.69, 9.17) is 0 Å². The topological polar surface area (TPSA) is 117 Å². The molecule has 0 bridgehead atoms. The molecule has 108 valence electrons. The summed E-state index contributed by atoms with van der Waals surface area (Å²) in [7, 11) is -9.24. The Morgan fingerprint density at radius 1 is 1.37 bits per heavy atom. The molecule has 3 N–H and O–H groups in total. The van der Waals surface area contributed by atoms with Crippen LogP contribution in [0.25, 0.3) is 0 Å². The van der Waals surface area contributed by atoms with Crippen molar-refractivity contribution in [2.75, 3.05) is 12.4 Å². The first-order valence-corrected chi connectivity index (χ1v) is 9.25. The molecule has 0 aliphatic carbocycles. The summed E-state index contributed by atoms with van der Waals surface area (Å²) < 4.78 is 28.0. The number of rotatable bonds is 7. The summed E-state index contributed by atoms with van der Waals surface area (Å²) in [4.78, 5) is 31.9. The zero-order valence-electron chi connectivity index (χ0n) is 9.86. The van der Waals surface area contributed by atoms with E-state index in [0.717, 1.165) is 0 Å². The number of nitrogens with zero attached hydrogens (tertiary/aromatic N) is 1. The third-order valence-electron chi connectivity index (χ3n) is 2.27. The molecular weight excluding hydrogens is 312 g/mol. The summed E-state index contributed by atoms with van der Waals surface area (Å²) in [6, 6.07) is 3.14. The van der Waals surface area contributed by atoms with Crippen LogP contribution >= 0.6 is 27.8 Å². The first kappa shape index (κ1) is 16.9. The van der Waals surface area contributed by atoms with Crippen LogP contribution in [0, 0.1) is 0 Å². The molecular formula is C9H15NO6P2S. The molecule has 19 heavy (non-hydrogen) atoms. The van der Waals surface area contributed by atoms with Crippen molar-refractivity contribution in [1.29, 1.82) is 0 Å². The maximum Gasteiger partial charge on any atom is 0.343 e. The summed E-state index contributed by atoms with van der Waals surface area (Å²) in [6.07, 6.45) is 2.58. The maximum absolute atomic E-state index is 11.9. The van der Waals surface area contributed by atoms with Gasteiger partial charge < -0.3 is 19.2 Å². The van der Waals surface area contributed by atoms with Crippen LogP contribution in [0.4, 0.5) is 0 Å². The smallest absolute Gasteiger partial charge is 0.324 e. The van der Waals surface area contributed by atoms with Crippen LogP contribution in [-0.2, 0) is 20.1 Å². The molecule has 10 heteroatoms. The average molecular weight is 327 g/mol. The molecule has 1 aromatic rings. The number of aromatic nitrogens is 1. The van der Waals surface area contributed by atoms with E-state index in [0.29, 0.717) is 5.56 Å². The molecule has 0 spiro atoms. The van der Waals surface area contributed by atoms with Gasteiger partial charge in [0.05, 0.1) is 6.61 Å². The zero-order chi connectivity index (χ0) is 14.5. The molecule has 2 unspecified atom stereocenters. The highest BCUT2D eigenvalue weighted by atomic mass is 32.1. The average Bonchev–Trinajstić information content (AvgIpc) is 2.33. The van der Waals surface area contributed by atoms with Crippen LogP contribution in [0.3, 0.4) is 0 Å². The first-order chi connectivity index (χ1) is 8.77. The van der Waals surface area contributed by atoms with E-state index in [1.165, 1.54) is 12.4 Å². The second-order valence-corrected chi connectivity index (χ2v) is 8.42. The third-order valence-corrected chi connectivity index (χ3v) is 6.68. The molecule has 1 aromatic heterocycles. The van der Waals surface area contributed by atoms with Crippen LogP contribution in [0.15, 0.2) is 24.5 Å². The monoisotopic (exact) mass is 327 g/mol. The molecule has 0 radical (unpaired) electrons. The summed E-state index contributed by atoms with van der Waals surface area (Å²) in [5, 5.41) is -1.80. The number of hydrogen-bond donors (Lipinski definition) is 4. The highest BCUT2D eigenvalue weighted by Crippen LogP contribution is 2.63. The Balaban J connectivity index is 2.97. The Bertz CT molecular complexity index is 493. The van der Waals surface area contributed by atoms with Crippen LogP contribution in [0.2, 0.25) is 0 Å². The van der Waals surface area contributed by atoms with E-state index in [1.807, 2.05) is 0 Å². The second kappa shape index (κ2) is 6.99. The van der Waals surface area contributed by atoms with Crippen LogP contribution < -0.4 is 0 Å². The highest BCUT2D eigenvalue weighted by Gasteiger charge is 2.45. The summed E-state index contributed by atoms with van der Waals surface area (Å²) in [6.45, 7) is -0.166. The molecule has 0 saturated heterocycles. The minimum atomic E-state index is -4.79. The number of pyridine rings is 1. The molecule has 7 nitrogen and oxygen atoms in total. The van der Waals surface area contributed by atoms with Crippen molar-refractivity contribution in [2.24, 2.45) is 0 Å². The van der Waals surface area contributed by atoms with E-state index in [9.17, 15) is 23.8 Å². The molecule has 2 atom stereocenters. The van der Waals surface area contributed by atoms with Crippen molar-refractivity contribution in [3.05, 3.63) is 30.1 Å². The van der Waals surface area contributed by atoms with Gasteiger partial charge in [-0.1, -0.05) is 6.07 Å². The van der Waals surface area contributed by atoms with E-state index in [-0.39, 0.29) is 18.8 Å². The normalized spacial score (nSPS) is 16.8. The minimum Gasteiger partial charge on any atom is -0.324 e. The molecule has 1 heterocycles. The van der Waals surface area contributed by atoms with Crippen LogP contribution in [-0.4, -0.2) is 37.4 Å². The Labute approximate surface area is 116 Å². The SMILES string of the molecule is O=P(O)(O)C(Cc1cccnc1)P(=O)(O)OCCS. The Morgan fingerprint density at radius 3 is 2.53 bits per heavy atom.